The summed E-state index contributed by atoms with van der Waals surface area (Å²) in [6.45, 7) is 4.77. The summed E-state index contributed by atoms with van der Waals surface area (Å²) in [4.78, 5) is 4.54. The Morgan fingerprint density at radius 1 is 1.25 bits per heavy atom. The van der Waals surface area contributed by atoms with Gasteiger partial charge in [0.05, 0.1) is 19.9 Å². The molecule has 2 N–H and O–H groups in total. The Labute approximate surface area is 141 Å². The highest BCUT2D eigenvalue weighted by Crippen LogP contribution is 2.23. The zero-order valence-corrected chi connectivity index (χ0v) is 14.2. The summed E-state index contributed by atoms with van der Waals surface area (Å²) in [5.41, 5.74) is 3.67. The second kappa shape index (κ2) is 6.88. The van der Waals surface area contributed by atoms with E-state index in [9.17, 15) is 5.11 Å². The molecule has 6 heteroatoms. The van der Waals surface area contributed by atoms with Crippen LogP contribution in [0.2, 0.25) is 0 Å². The minimum Gasteiger partial charge on any atom is -0.496 e. The molecule has 0 aliphatic carbocycles. The Hall–Kier alpha value is -2.60. The molecule has 0 aliphatic rings. The summed E-state index contributed by atoms with van der Waals surface area (Å²) in [6.07, 6.45) is 3.72. The fourth-order valence-corrected chi connectivity index (χ4v) is 2.68. The molecule has 0 saturated heterocycles. The van der Waals surface area contributed by atoms with Gasteiger partial charge in [0.25, 0.3) is 0 Å². The standard InChI is InChI=1S/C18H22N4O2/c1-12(2)22-18-14(10-21-22)6-13(9-20-18)8-19-16-4-5-17(24-3)15(7-16)11-23/h4-7,9-10,12,19,23H,8,11H2,1-3H3. The molecule has 6 nitrogen and oxygen atoms in total. The van der Waals surface area contributed by atoms with Gasteiger partial charge in [0, 0.05) is 35.4 Å². The van der Waals surface area contributed by atoms with E-state index in [0.717, 1.165) is 27.8 Å². The first-order valence-corrected chi connectivity index (χ1v) is 7.96. The SMILES string of the molecule is COc1ccc(NCc2cnc3c(cnn3C(C)C)c2)cc1CO. The Morgan fingerprint density at radius 2 is 2.08 bits per heavy atom. The monoisotopic (exact) mass is 326 g/mol. The van der Waals surface area contributed by atoms with Crippen LogP contribution in [-0.4, -0.2) is 27.0 Å². The molecule has 0 aliphatic heterocycles. The lowest BCUT2D eigenvalue weighted by Crippen LogP contribution is -2.04. The molecule has 3 rings (SSSR count). The van der Waals surface area contributed by atoms with Gasteiger partial charge in [0.1, 0.15) is 5.75 Å². The molecule has 0 radical (unpaired) electrons. The van der Waals surface area contributed by atoms with Crippen LogP contribution in [0.25, 0.3) is 11.0 Å². The fraction of sp³-hybridized carbons (Fsp3) is 0.333. The molecular weight excluding hydrogens is 304 g/mol. The summed E-state index contributed by atoms with van der Waals surface area (Å²) >= 11 is 0. The number of aliphatic hydroxyl groups is 1. The van der Waals surface area contributed by atoms with Gasteiger partial charge in [0.15, 0.2) is 5.65 Å². The Balaban J connectivity index is 1.76. The van der Waals surface area contributed by atoms with Crippen LogP contribution in [0.5, 0.6) is 5.75 Å². The van der Waals surface area contributed by atoms with E-state index in [0.29, 0.717) is 12.3 Å². The van der Waals surface area contributed by atoms with E-state index in [1.165, 1.54) is 0 Å². The van der Waals surface area contributed by atoms with Crippen molar-refractivity contribution in [1.82, 2.24) is 14.8 Å². The maximum atomic E-state index is 9.40. The number of ether oxygens (including phenoxy) is 1. The summed E-state index contributed by atoms with van der Waals surface area (Å²) in [6, 6.07) is 8.05. The lowest BCUT2D eigenvalue weighted by atomic mass is 10.1. The maximum Gasteiger partial charge on any atom is 0.157 e. The van der Waals surface area contributed by atoms with Gasteiger partial charge in [-0.2, -0.15) is 5.10 Å². The third kappa shape index (κ3) is 3.19. The zero-order valence-electron chi connectivity index (χ0n) is 14.2. The van der Waals surface area contributed by atoms with Crippen LogP contribution in [0.15, 0.2) is 36.7 Å². The summed E-state index contributed by atoms with van der Waals surface area (Å²) < 4.78 is 7.14. The molecule has 0 saturated carbocycles. The van der Waals surface area contributed by atoms with E-state index in [2.05, 4.69) is 35.3 Å². The Morgan fingerprint density at radius 3 is 2.79 bits per heavy atom. The quantitative estimate of drug-likeness (QED) is 0.728. The average Bonchev–Trinajstić information content (AvgIpc) is 3.03. The number of benzene rings is 1. The molecular formula is C18H22N4O2. The van der Waals surface area contributed by atoms with Crippen LogP contribution < -0.4 is 10.1 Å². The number of pyridine rings is 1. The molecule has 0 fully saturated rings. The van der Waals surface area contributed by atoms with Crippen LogP contribution in [0.1, 0.15) is 31.0 Å². The summed E-state index contributed by atoms with van der Waals surface area (Å²) in [5, 5.41) is 18.2. The smallest absolute Gasteiger partial charge is 0.157 e. The number of aliphatic hydroxyl groups excluding tert-OH is 1. The lowest BCUT2D eigenvalue weighted by Gasteiger charge is -2.11. The number of fused-ring (bicyclic) bond motifs is 1. The van der Waals surface area contributed by atoms with Crippen molar-refractivity contribution < 1.29 is 9.84 Å². The molecule has 0 unspecified atom stereocenters. The van der Waals surface area contributed by atoms with Gasteiger partial charge in [-0.3, -0.25) is 0 Å². The van der Waals surface area contributed by atoms with Crippen molar-refractivity contribution in [2.24, 2.45) is 0 Å². The van der Waals surface area contributed by atoms with Crippen LogP contribution in [-0.2, 0) is 13.2 Å². The predicted octanol–water partition coefficient (Wildman–Crippen LogP) is 3.13. The van der Waals surface area contributed by atoms with E-state index >= 15 is 0 Å². The number of methoxy groups -OCH3 is 1. The molecule has 0 amide bonds. The molecule has 0 bridgehead atoms. The molecule has 126 valence electrons. The highest BCUT2D eigenvalue weighted by molar-refractivity contribution is 5.75. The second-order valence-electron chi connectivity index (χ2n) is 5.98. The second-order valence-corrected chi connectivity index (χ2v) is 5.98. The fourth-order valence-electron chi connectivity index (χ4n) is 2.68. The van der Waals surface area contributed by atoms with Crippen LogP contribution in [0, 0.1) is 0 Å². The molecule has 2 aromatic heterocycles. The van der Waals surface area contributed by atoms with Crippen molar-refractivity contribution in [2.75, 3.05) is 12.4 Å². The third-order valence-electron chi connectivity index (χ3n) is 3.93. The van der Waals surface area contributed by atoms with Gasteiger partial charge in [-0.05, 0) is 43.7 Å². The van der Waals surface area contributed by atoms with E-state index in [1.807, 2.05) is 35.3 Å². The minimum absolute atomic E-state index is 0.0550. The molecule has 3 aromatic rings. The van der Waals surface area contributed by atoms with Crippen LogP contribution in [0.3, 0.4) is 0 Å². The first-order valence-electron chi connectivity index (χ1n) is 7.96. The maximum absolute atomic E-state index is 9.40. The molecule has 0 spiro atoms. The molecule has 2 heterocycles. The van der Waals surface area contributed by atoms with Crippen LogP contribution in [0.4, 0.5) is 5.69 Å². The highest BCUT2D eigenvalue weighted by Gasteiger charge is 2.08. The van der Waals surface area contributed by atoms with Crippen molar-refractivity contribution in [1.29, 1.82) is 0 Å². The molecule has 1 aromatic carbocycles. The first-order chi connectivity index (χ1) is 11.6. The van der Waals surface area contributed by atoms with E-state index in [1.54, 1.807) is 7.11 Å². The Bertz CT molecular complexity index is 842. The predicted molar refractivity (Wildman–Crippen MR) is 94.2 cm³/mol. The number of rotatable bonds is 6. The van der Waals surface area contributed by atoms with Gasteiger partial charge in [0.2, 0.25) is 0 Å². The Kier molecular flexibility index (Phi) is 4.66. The van der Waals surface area contributed by atoms with E-state index in [4.69, 9.17) is 4.74 Å². The highest BCUT2D eigenvalue weighted by atomic mass is 16.5. The minimum atomic E-state index is -0.0550. The number of anilines is 1. The van der Waals surface area contributed by atoms with Crippen molar-refractivity contribution >= 4 is 16.7 Å². The third-order valence-corrected chi connectivity index (χ3v) is 3.93. The van der Waals surface area contributed by atoms with E-state index < -0.39 is 0 Å². The number of hydrogen-bond donors (Lipinski definition) is 2. The van der Waals surface area contributed by atoms with Gasteiger partial charge in [-0.15, -0.1) is 0 Å². The number of nitrogens with zero attached hydrogens (tertiary/aromatic N) is 3. The van der Waals surface area contributed by atoms with Crippen molar-refractivity contribution in [3.05, 3.63) is 47.8 Å². The van der Waals surface area contributed by atoms with Gasteiger partial charge in [-0.1, -0.05) is 0 Å². The number of hydrogen-bond acceptors (Lipinski definition) is 5. The van der Waals surface area contributed by atoms with Crippen molar-refractivity contribution in [3.63, 3.8) is 0 Å². The topological polar surface area (TPSA) is 72.2 Å². The van der Waals surface area contributed by atoms with Crippen molar-refractivity contribution in [3.8, 4) is 5.75 Å². The largest absolute Gasteiger partial charge is 0.496 e. The molecule has 24 heavy (non-hydrogen) atoms. The van der Waals surface area contributed by atoms with Gasteiger partial charge < -0.3 is 15.2 Å². The van der Waals surface area contributed by atoms with Gasteiger partial charge in [-0.25, -0.2) is 9.67 Å². The van der Waals surface area contributed by atoms with E-state index in [-0.39, 0.29) is 12.6 Å². The normalized spacial score (nSPS) is 11.2. The number of nitrogens with one attached hydrogen (secondary N) is 1. The number of aromatic nitrogens is 3. The van der Waals surface area contributed by atoms with Crippen LogP contribution >= 0.6 is 0 Å². The van der Waals surface area contributed by atoms with Gasteiger partial charge >= 0.3 is 0 Å². The lowest BCUT2D eigenvalue weighted by molar-refractivity contribution is 0.274. The average molecular weight is 326 g/mol. The van der Waals surface area contributed by atoms with Crippen molar-refractivity contribution in [2.45, 2.75) is 33.0 Å². The summed E-state index contributed by atoms with van der Waals surface area (Å²) in [5.74, 6) is 0.687. The molecule has 0 atom stereocenters. The summed E-state index contributed by atoms with van der Waals surface area (Å²) in [7, 11) is 1.60. The zero-order chi connectivity index (χ0) is 17.1. The first kappa shape index (κ1) is 16.3.